The fourth-order valence-corrected chi connectivity index (χ4v) is 7.35. The first-order valence-electron chi connectivity index (χ1n) is 17.4. The molecule has 0 bridgehead atoms. The number of aliphatic hydroxyl groups is 2. The van der Waals surface area contributed by atoms with Crippen LogP contribution < -0.4 is 20.1 Å². The number of para-hydroxylation sites is 2. The lowest BCUT2D eigenvalue weighted by Gasteiger charge is -2.42. The maximum atomic E-state index is 13.9. The molecule has 51 heavy (non-hydrogen) atoms. The van der Waals surface area contributed by atoms with E-state index in [1.807, 2.05) is 71.7 Å². The van der Waals surface area contributed by atoms with Crippen LogP contribution in [0.2, 0.25) is 0 Å². The van der Waals surface area contributed by atoms with E-state index < -0.39 is 48.8 Å². The maximum absolute atomic E-state index is 13.9. The predicted octanol–water partition coefficient (Wildman–Crippen LogP) is 3.18. The van der Waals surface area contributed by atoms with E-state index in [4.69, 9.17) is 9.47 Å². The summed E-state index contributed by atoms with van der Waals surface area (Å²) in [6, 6.07) is 20.8. The Bertz CT molecular complexity index is 1660. The third-order valence-electron chi connectivity index (χ3n) is 9.87. The van der Waals surface area contributed by atoms with Crippen molar-refractivity contribution < 1.29 is 42.4 Å². The van der Waals surface area contributed by atoms with E-state index in [0.29, 0.717) is 43.8 Å². The SMILES string of the molecule is Cc1cccc2c1OC(CN1CCN(C[C@@H](O)C[C@@H](Cc3ccccc3)C(=O)N[C@H]3c4ccccc4OC[C@H]3O)[C@H](C(=O)NCC(F)(F)F)C1)C2. The second kappa shape index (κ2) is 16.0. The molecule has 6 atom stereocenters. The zero-order valence-electron chi connectivity index (χ0n) is 28.5. The second-order valence-electron chi connectivity index (χ2n) is 13.8. The lowest BCUT2D eigenvalue weighted by molar-refractivity contribution is -0.143. The van der Waals surface area contributed by atoms with Crippen LogP contribution in [0.5, 0.6) is 11.5 Å². The summed E-state index contributed by atoms with van der Waals surface area (Å²) < 4.78 is 51.2. The van der Waals surface area contributed by atoms with Crippen LogP contribution in [0.3, 0.4) is 0 Å². The molecule has 10 nitrogen and oxygen atoms in total. The lowest BCUT2D eigenvalue weighted by Crippen LogP contribution is -2.61. The van der Waals surface area contributed by atoms with Crippen LogP contribution in [0.1, 0.15) is 34.7 Å². The minimum Gasteiger partial charge on any atom is -0.490 e. The number of piperazine rings is 1. The number of rotatable bonds is 12. The van der Waals surface area contributed by atoms with Crippen LogP contribution in [-0.2, 0) is 22.4 Å². The number of nitrogens with zero attached hydrogens (tertiary/aromatic N) is 2. The molecule has 1 unspecified atom stereocenters. The first-order valence-corrected chi connectivity index (χ1v) is 17.4. The van der Waals surface area contributed by atoms with Crippen LogP contribution in [-0.4, -0.2) is 108 Å². The van der Waals surface area contributed by atoms with Gasteiger partial charge in [-0.3, -0.25) is 19.4 Å². The van der Waals surface area contributed by atoms with Crippen molar-refractivity contribution in [1.29, 1.82) is 0 Å². The van der Waals surface area contributed by atoms with Crippen molar-refractivity contribution in [2.75, 3.05) is 45.9 Å². The number of nitrogens with one attached hydrogen (secondary N) is 2. The summed E-state index contributed by atoms with van der Waals surface area (Å²) in [5.74, 6) is -0.431. The Balaban J connectivity index is 1.14. The molecule has 3 aromatic carbocycles. The average molecular weight is 711 g/mol. The van der Waals surface area contributed by atoms with E-state index in [-0.39, 0.29) is 38.1 Å². The highest BCUT2D eigenvalue weighted by Crippen LogP contribution is 2.34. The molecule has 1 saturated heterocycles. The number of β-amino-alcohol motifs (C(OH)–C–C–N with tert-alkyl or cyclic N) is 1. The van der Waals surface area contributed by atoms with Crippen LogP contribution in [0.25, 0.3) is 0 Å². The summed E-state index contributed by atoms with van der Waals surface area (Å²) in [4.78, 5) is 30.9. The van der Waals surface area contributed by atoms with Gasteiger partial charge in [-0.05, 0) is 42.5 Å². The molecule has 3 aliphatic heterocycles. The fourth-order valence-electron chi connectivity index (χ4n) is 7.35. The summed E-state index contributed by atoms with van der Waals surface area (Å²) in [5.41, 5.74) is 3.66. The molecule has 0 spiro atoms. The number of alkyl halides is 3. The van der Waals surface area contributed by atoms with Crippen molar-refractivity contribution >= 4 is 11.8 Å². The standard InChI is InChI=1S/C38H45F3N4O6/c1-24-8-7-11-26-18-29(51-35(24)26)20-44-14-15-45(31(21-44)37(49)42-23-38(39,40)41)19-28(46)17-27(16-25-9-3-2-4-10-25)36(48)43-34-30-12-5-6-13-33(30)50-22-32(34)47/h2-13,27-29,31-32,34,46-47H,14-23H2,1H3,(H,42,49)(H,43,48)/t27-,28+,29?,31+,32-,34+/m1/s1. The number of aliphatic hydroxyl groups excluding tert-OH is 2. The van der Waals surface area contributed by atoms with Crippen molar-refractivity contribution in [3.05, 3.63) is 95.1 Å². The minimum absolute atomic E-state index is 0.0111. The number of aryl methyl sites for hydroxylation is 1. The van der Waals surface area contributed by atoms with Gasteiger partial charge in [0.25, 0.3) is 0 Å². The highest BCUT2D eigenvalue weighted by atomic mass is 19.4. The summed E-state index contributed by atoms with van der Waals surface area (Å²) >= 11 is 0. The number of carbonyl (C=O) groups excluding carboxylic acids is 2. The lowest BCUT2D eigenvalue weighted by atomic mass is 9.90. The number of halogens is 3. The predicted molar refractivity (Wildman–Crippen MR) is 183 cm³/mol. The quantitative estimate of drug-likeness (QED) is 0.226. The van der Waals surface area contributed by atoms with E-state index >= 15 is 0 Å². The first-order chi connectivity index (χ1) is 24.4. The smallest absolute Gasteiger partial charge is 0.405 e. The van der Waals surface area contributed by atoms with Crippen molar-refractivity contribution in [2.24, 2.45) is 5.92 Å². The normalized spacial score (nSPS) is 23.3. The van der Waals surface area contributed by atoms with E-state index in [9.17, 15) is 33.0 Å². The molecule has 0 aliphatic carbocycles. The number of benzene rings is 3. The van der Waals surface area contributed by atoms with Gasteiger partial charge in [0.05, 0.1) is 12.1 Å². The number of hydrogen-bond acceptors (Lipinski definition) is 8. The zero-order valence-corrected chi connectivity index (χ0v) is 28.5. The van der Waals surface area contributed by atoms with Crippen molar-refractivity contribution in [3.63, 3.8) is 0 Å². The maximum Gasteiger partial charge on any atom is 0.405 e. The Morgan fingerprint density at radius 1 is 1.02 bits per heavy atom. The van der Waals surface area contributed by atoms with Gasteiger partial charge in [-0.15, -0.1) is 0 Å². The molecule has 3 aromatic rings. The topological polar surface area (TPSA) is 124 Å². The second-order valence-corrected chi connectivity index (χ2v) is 13.8. The van der Waals surface area contributed by atoms with Gasteiger partial charge in [-0.2, -0.15) is 13.2 Å². The number of amides is 2. The molecule has 3 aliphatic rings. The summed E-state index contributed by atoms with van der Waals surface area (Å²) in [7, 11) is 0. The van der Waals surface area contributed by atoms with E-state index in [0.717, 1.165) is 22.4 Å². The summed E-state index contributed by atoms with van der Waals surface area (Å²) in [6.07, 6.45) is -5.78. The van der Waals surface area contributed by atoms with Gasteiger partial charge in [0, 0.05) is 50.6 Å². The Hall–Kier alpha value is -4.17. The van der Waals surface area contributed by atoms with Crippen molar-refractivity contribution in [1.82, 2.24) is 20.4 Å². The van der Waals surface area contributed by atoms with E-state index in [1.54, 1.807) is 23.1 Å². The summed E-state index contributed by atoms with van der Waals surface area (Å²) in [5, 5.41) is 27.2. The van der Waals surface area contributed by atoms with E-state index in [2.05, 4.69) is 5.32 Å². The molecule has 0 radical (unpaired) electrons. The van der Waals surface area contributed by atoms with Crippen molar-refractivity contribution in [3.8, 4) is 11.5 Å². The van der Waals surface area contributed by atoms with Gasteiger partial charge in [-0.1, -0.05) is 66.7 Å². The van der Waals surface area contributed by atoms with Crippen molar-refractivity contribution in [2.45, 2.75) is 62.8 Å². The number of carbonyl (C=O) groups is 2. The molecule has 274 valence electrons. The Kier molecular flexibility index (Phi) is 11.5. The molecule has 2 amide bonds. The Morgan fingerprint density at radius 3 is 2.55 bits per heavy atom. The molecular formula is C38H45F3N4O6. The highest BCUT2D eigenvalue weighted by molar-refractivity contribution is 5.82. The van der Waals surface area contributed by atoms with Crippen LogP contribution in [0.4, 0.5) is 13.2 Å². The first kappa shape index (κ1) is 36.6. The molecule has 0 aromatic heterocycles. The van der Waals surface area contributed by atoms with Crippen LogP contribution >= 0.6 is 0 Å². The van der Waals surface area contributed by atoms with Gasteiger partial charge in [0.15, 0.2) is 0 Å². The third kappa shape index (κ3) is 9.39. The van der Waals surface area contributed by atoms with Gasteiger partial charge < -0.3 is 30.3 Å². The number of ether oxygens (including phenoxy) is 2. The third-order valence-corrected chi connectivity index (χ3v) is 9.87. The minimum atomic E-state index is -4.58. The largest absolute Gasteiger partial charge is 0.490 e. The zero-order chi connectivity index (χ0) is 36.1. The average Bonchev–Trinajstić information content (AvgIpc) is 3.52. The van der Waals surface area contributed by atoms with Gasteiger partial charge in [-0.25, -0.2) is 0 Å². The van der Waals surface area contributed by atoms with Gasteiger partial charge >= 0.3 is 6.18 Å². The highest BCUT2D eigenvalue weighted by Gasteiger charge is 2.39. The molecular weight excluding hydrogens is 665 g/mol. The van der Waals surface area contributed by atoms with Crippen LogP contribution in [0.15, 0.2) is 72.8 Å². The van der Waals surface area contributed by atoms with E-state index in [1.165, 1.54) is 0 Å². The molecule has 4 N–H and O–H groups in total. The van der Waals surface area contributed by atoms with Gasteiger partial charge in [0.2, 0.25) is 11.8 Å². The monoisotopic (exact) mass is 710 g/mol. The van der Waals surface area contributed by atoms with Gasteiger partial charge in [0.1, 0.15) is 42.9 Å². The summed E-state index contributed by atoms with van der Waals surface area (Å²) in [6.45, 7) is 1.99. The molecule has 6 rings (SSSR count). The molecule has 1 fully saturated rings. The number of fused-ring (bicyclic) bond motifs is 2. The Morgan fingerprint density at radius 2 is 1.78 bits per heavy atom. The fraction of sp³-hybridized carbons (Fsp3) is 0.474. The molecule has 0 saturated carbocycles. The number of hydrogen-bond donors (Lipinski definition) is 4. The molecule has 3 heterocycles. The molecule has 13 heteroatoms. The Labute approximate surface area is 295 Å². The van der Waals surface area contributed by atoms with Crippen LogP contribution in [0, 0.1) is 12.8 Å².